The van der Waals surface area contributed by atoms with Crippen molar-refractivity contribution < 1.29 is 8.78 Å². The Kier molecular flexibility index (Phi) is 2.79. The van der Waals surface area contributed by atoms with Crippen LogP contribution in [-0.4, -0.2) is 0 Å². The molecule has 0 aliphatic heterocycles. The third-order valence-electron chi connectivity index (χ3n) is 2.07. The zero-order valence-corrected chi connectivity index (χ0v) is 8.65. The van der Waals surface area contributed by atoms with Crippen LogP contribution >= 0.6 is 11.3 Å². The smallest absolute Gasteiger partial charge is 0.159 e. The van der Waals surface area contributed by atoms with E-state index >= 15 is 0 Å². The highest BCUT2D eigenvalue weighted by atomic mass is 32.1. The van der Waals surface area contributed by atoms with Gasteiger partial charge in [0.1, 0.15) is 0 Å². The molecule has 1 heterocycles. The molecular formula is C11H9F2NS. The first kappa shape index (κ1) is 10.3. The Balaban J connectivity index is 2.40. The van der Waals surface area contributed by atoms with Crippen molar-refractivity contribution in [2.75, 3.05) is 0 Å². The Hall–Kier alpha value is -1.26. The largest absolute Gasteiger partial charge is 0.326 e. The standard InChI is InChI=1S/C11H9F2NS/c12-9-3-1-7(5-10(9)13)11-4-2-8(6-14)15-11/h1-5H,6,14H2. The van der Waals surface area contributed by atoms with Gasteiger partial charge in [-0.3, -0.25) is 0 Å². The number of hydrogen-bond donors (Lipinski definition) is 1. The Labute approximate surface area is 90.2 Å². The van der Waals surface area contributed by atoms with E-state index < -0.39 is 11.6 Å². The molecule has 0 spiro atoms. The molecule has 15 heavy (non-hydrogen) atoms. The van der Waals surface area contributed by atoms with Crippen molar-refractivity contribution in [3.05, 3.63) is 46.8 Å². The summed E-state index contributed by atoms with van der Waals surface area (Å²) in [5.41, 5.74) is 6.15. The molecule has 0 fully saturated rings. The summed E-state index contributed by atoms with van der Waals surface area (Å²) in [5, 5.41) is 0. The van der Waals surface area contributed by atoms with E-state index in [9.17, 15) is 8.78 Å². The highest BCUT2D eigenvalue weighted by molar-refractivity contribution is 7.15. The molecule has 1 aromatic carbocycles. The second kappa shape index (κ2) is 4.08. The van der Waals surface area contributed by atoms with Crippen LogP contribution in [-0.2, 0) is 6.54 Å². The van der Waals surface area contributed by atoms with Crippen molar-refractivity contribution in [1.82, 2.24) is 0 Å². The first-order chi connectivity index (χ1) is 7.20. The summed E-state index contributed by atoms with van der Waals surface area (Å²) in [6.07, 6.45) is 0. The van der Waals surface area contributed by atoms with Crippen LogP contribution in [0.1, 0.15) is 4.88 Å². The quantitative estimate of drug-likeness (QED) is 0.834. The summed E-state index contributed by atoms with van der Waals surface area (Å²) in [6.45, 7) is 0.467. The Morgan fingerprint density at radius 1 is 1.07 bits per heavy atom. The topological polar surface area (TPSA) is 26.0 Å². The minimum Gasteiger partial charge on any atom is -0.326 e. The van der Waals surface area contributed by atoms with E-state index in [0.717, 1.165) is 15.8 Å². The number of benzene rings is 1. The lowest BCUT2D eigenvalue weighted by Crippen LogP contribution is -1.91. The molecule has 2 rings (SSSR count). The van der Waals surface area contributed by atoms with Crippen LogP contribution in [0.5, 0.6) is 0 Å². The number of nitrogens with two attached hydrogens (primary N) is 1. The molecule has 2 aromatic rings. The average molecular weight is 225 g/mol. The van der Waals surface area contributed by atoms with E-state index in [2.05, 4.69) is 0 Å². The van der Waals surface area contributed by atoms with E-state index in [4.69, 9.17) is 5.73 Å². The molecule has 2 N–H and O–H groups in total. The van der Waals surface area contributed by atoms with Crippen LogP contribution in [0, 0.1) is 11.6 Å². The third kappa shape index (κ3) is 2.06. The normalized spacial score (nSPS) is 10.6. The maximum atomic E-state index is 13.0. The molecule has 0 bridgehead atoms. The number of rotatable bonds is 2. The van der Waals surface area contributed by atoms with Crippen molar-refractivity contribution in [2.45, 2.75) is 6.54 Å². The highest BCUT2D eigenvalue weighted by Crippen LogP contribution is 2.28. The molecule has 0 amide bonds. The summed E-state index contributed by atoms with van der Waals surface area (Å²) >= 11 is 1.49. The van der Waals surface area contributed by atoms with Gasteiger partial charge >= 0.3 is 0 Å². The van der Waals surface area contributed by atoms with Gasteiger partial charge in [-0.15, -0.1) is 11.3 Å². The molecule has 0 saturated carbocycles. The lowest BCUT2D eigenvalue weighted by molar-refractivity contribution is 0.509. The minimum atomic E-state index is -0.825. The van der Waals surface area contributed by atoms with Gasteiger partial charge in [0.05, 0.1) is 0 Å². The second-order valence-electron chi connectivity index (χ2n) is 3.10. The van der Waals surface area contributed by atoms with Gasteiger partial charge in [0, 0.05) is 16.3 Å². The summed E-state index contributed by atoms with van der Waals surface area (Å²) < 4.78 is 25.7. The fraction of sp³-hybridized carbons (Fsp3) is 0.0909. The van der Waals surface area contributed by atoms with Gasteiger partial charge in [-0.25, -0.2) is 8.78 Å². The molecule has 0 saturated heterocycles. The van der Waals surface area contributed by atoms with Gasteiger partial charge < -0.3 is 5.73 Å². The van der Waals surface area contributed by atoms with Gasteiger partial charge in [0.2, 0.25) is 0 Å². The van der Waals surface area contributed by atoms with E-state index in [0.29, 0.717) is 12.1 Å². The summed E-state index contributed by atoms with van der Waals surface area (Å²) in [5.74, 6) is -1.65. The van der Waals surface area contributed by atoms with Crippen LogP contribution in [0.3, 0.4) is 0 Å². The van der Waals surface area contributed by atoms with Crippen LogP contribution in [0.25, 0.3) is 10.4 Å². The van der Waals surface area contributed by atoms with Crippen molar-refractivity contribution in [1.29, 1.82) is 0 Å². The molecule has 0 aliphatic rings. The Bertz CT molecular complexity index is 479. The SMILES string of the molecule is NCc1ccc(-c2ccc(F)c(F)c2)s1. The molecule has 0 radical (unpaired) electrons. The number of thiophene rings is 1. The van der Waals surface area contributed by atoms with Crippen molar-refractivity contribution >= 4 is 11.3 Å². The lowest BCUT2D eigenvalue weighted by atomic mass is 10.2. The van der Waals surface area contributed by atoms with E-state index in [1.54, 1.807) is 6.07 Å². The first-order valence-electron chi connectivity index (χ1n) is 4.45. The first-order valence-corrected chi connectivity index (χ1v) is 5.26. The molecule has 0 unspecified atom stereocenters. The highest BCUT2D eigenvalue weighted by Gasteiger charge is 2.06. The molecule has 78 valence electrons. The van der Waals surface area contributed by atoms with E-state index in [-0.39, 0.29) is 0 Å². The van der Waals surface area contributed by atoms with Crippen LogP contribution in [0.15, 0.2) is 30.3 Å². The molecule has 0 aliphatic carbocycles. The average Bonchev–Trinajstić information content (AvgIpc) is 2.70. The predicted octanol–water partition coefficient (Wildman–Crippen LogP) is 3.15. The molecule has 1 nitrogen and oxygen atoms in total. The fourth-order valence-electron chi connectivity index (χ4n) is 1.29. The van der Waals surface area contributed by atoms with Gasteiger partial charge in [-0.2, -0.15) is 0 Å². The third-order valence-corrected chi connectivity index (χ3v) is 3.22. The predicted molar refractivity (Wildman–Crippen MR) is 57.6 cm³/mol. The summed E-state index contributed by atoms with van der Waals surface area (Å²) in [4.78, 5) is 1.92. The summed E-state index contributed by atoms with van der Waals surface area (Å²) in [7, 11) is 0. The van der Waals surface area contributed by atoms with Crippen LogP contribution in [0.4, 0.5) is 8.78 Å². The zero-order chi connectivity index (χ0) is 10.8. The minimum absolute atomic E-state index is 0.467. The van der Waals surface area contributed by atoms with E-state index in [1.807, 2.05) is 12.1 Å². The van der Waals surface area contributed by atoms with Crippen molar-refractivity contribution in [3.63, 3.8) is 0 Å². The van der Waals surface area contributed by atoms with Gasteiger partial charge in [-0.1, -0.05) is 6.07 Å². The lowest BCUT2D eigenvalue weighted by Gasteiger charge is -1.98. The van der Waals surface area contributed by atoms with Crippen molar-refractivity contribution in [2.24, 2.45) is 5.73 Å². The maximum Gasteiger partial charge on any atom is 0.159 e. The van der Waals surface area contributed by atoms with Crippen LogP contribution in [0.2, 0.25) is 0 Å². The maximum absolute atomic E-state index is 13.0. The molecule has 1 aromatic heterocycles. The summed E-state index contributed by atoms with van der Waals surface area (Å²) in [6, 6.07) is 7.64. The zero-order valence-electron chi connectivity index (χ0n) is 7.84. The Morgan fingerprint density at radius 2 is 1.87 bits per heavy atom. The monoisotopic (exact) mass is 225 g/mol. The van der Waals surface area contributed by atoms with Gasteiger partial charge in [-0.05, 0) is 29.8 Å². The van der Waals surface area contributed by atoms with E-state index in [1.165, 1.54) is 17.4 Å². The Morgan fingerprint density at radius 3 is 2.47 bits per heavy atom. The van der Waals surface area contributed by atoms with Gasteiger partial charge in [0.15, 0.2) is 11.6 Å². The number of halogens is 2. The van der Waals surface area contributed by atoms with Gasteiger partial charge in [0.25, 0.3) is 0 Å². The van der Waals surface area contributed by atoms with Crippen LogP contribution < -0.4 is 5.73 Å². The fourth-order valence-corrected chi connectivity index (χ4v) is 2.17. The molecule has 0 atom stereocenters. The van der Waals surface area contributed by atoms with Crippen molar-refractivity contribution in [3.8, 4) is 10.4 Å². The molecule has 4 heteroatoms. The second-order valence-corrected chi connectivity index (χ2v) is 4.27. The molecular weight excluding hydrogens is 216 g/mol. The number of hydrogen-bond acceptors (Lipinski definition) is 2.